The fourth-order valence-electron chi connectivity index (χ4n) is 2.29. The van der Waals surface area contributed by atoms with E-state index < -0.39 is 23.3 Å². The van der Waals surface area contributed by atoms with Crippen molar-refractivity contribution in [1.29, 1.82) is 0 Å². The van der Waals surface area contributed by atoms with Crippen molar-refractivity contribution >= 4 is 33.1 Å². The number of hydrogen-bond donors (Lipinski definition) is 0. The summed E-state index contributed by atoms with van der Waals surface area (Å²) in [6, 6.07) is 5.16. The molecule has 0 radical (unpaired) electrons. The first-order valence-electron chi connectivity index (χ1n) is 6.34. The fourth-order valence-corrected chi connectivity index (χ4v) is 2.29. The lowest BCUT2D eigenvalue weighted by Crippen LogP contribution is -2.03. The van der Waals surface area contributed by atoms with Gasteiger partial charge in [-0.05, 0) is 24.3 Å². The van der Waals surface area contributed by atoms with Crippen molar-refractivity contribution in [2.24, 2.45) is 0 Å². The van der Waals surface area contributed by atoms with Gasteiger partial charge in [0.05, 0.1) is 10.8 Å². The van der Waals surface area contributed by atoms with E-state index in [0.717, 1.165) is 0 Å². The van der Waals surface area contributed by atoms with Crippen LogP contribution in [0.3, 0.4) is 0 Å². The smallest absolute Gasteiger partial charge is 0.394 e. The molecule has 5 aromatic rings. The van der Waals surface area contributed by atoms with E-state index in [0.29, 0.717) is 0 Å². The summed E-state index contributed by atoms with van der Waals surface area (Å²) in [5.41, 5.74) is -0.446. The Kier molecular flexibility index (Phi) is 2.79. The molecule has 0 unspecified atom stereocenters. The molecule has 0 amide bonds. The van der Waals surface area contributed by atoms with Crippen LogP contribution in [-0.2, 0) is 0 Å². The molecule has 3 heterocycles. The minimum atomic E-state index is -1.35. The van der Waals surface area contributed by atoms with E-state index >= 15 is 0 Å². The van der Waals surface area contributed by atoms with Gasteiger partial charge in [-0.3, -0.25) is 0 Å². The Labute approximate surface area is 127 Å². The van der Waals surface area contributed by atoms with Gasteiger partial charge >= 0.3 is 23.3 Å². The minimum Gasteiger partial charge on any atom is -0.394 e. The lowest BCUT2D eigenvalue weighted by molar-refractivity contribution is 0.268. The van der Waals surface area contributed by atoms with Gasteiger partial charge in [-0.25, -0.2) is 19.2 Å². The molecule has 0 saturated heterocycles. The third-order valence-corrected chi connectivity index (χ3v) is 3.11. The van der Waals surface area contributed by atoms with E-state index in [9.17, 15) is 19.2 Å². The second-order valence-corrected chi connectivity index (χ2v) is 4.49. The average molecular weight is 332 g/mol. The third-order valence-electron chi connectivity index (χ3n) is 3.11. The second-order valence-electron chi connectivity index (χ2n) is 4.49. The summed E-state index contributed by atoms with van der Waals surface area (Å²) in [4.78, 5) is 46.1. The van der Waals surface area contributed by atoms with Gasteiger partial charge in [-0.15, -0.1) is 0 Å². The predicted octanol–water partition coefficient (Wildman–Crippen LogP) is 1.27. The van der Waals surface area contributed by atoms with E-state index in [1.54, 1.807) is 0 Å². The standard InChI is InChI=1S/C14H4O10/c15-11-19-5-1-2-6(20-12(16)23-11)10-8-4-3-7(9(5)10)21-13(17)24-14(18)22-8/h1-4H. The number of fused-ring (bicyclic) bond motifs is 8. The highest BCUT2D eigenvalue weighted by Gasteiger charge is 2.14. The van der Waals surface area contributed by atoms with Crippen LogP contribution in [0.25, 0.3) is 33.1 Å². The van der Waals surface area contributed by atoms with Gasteiger partial charge in [-0.2, -0.15) is 0 Å². The van der Waals surface area contributed by atoms with Gasteiger partial charge in [0.1, 0.15) is 22.3 Å². The maximum atomic E-state index is 11.5. The van der Waals surface area contributed by atoms with Crippen LogP contribution in [-0.4, -0.2) is 0 Å². The van der Waals surface area contributed by atoms with Crippen LogP contribution < -0.4 is 23.3 Å². The largest absolute Gasteiger partial charge is 0.524 e. The molecule has 0 aliphatic carbocycles. The Morgan fingerprint density at radius 3 is 0.917 bits per heavy atom. The number of benzene rings is 2. The normalized spacial score (nSPS) is 11.2. The molecule has 0 aliphatic heterocycles. The Morgan fingerprint density at radius 2 is 0.667 bits per heavy atom. The molecular weight excluding hydrogens is 328 g/mol. The van der Waals surface area contributed by atoms with Gasteiger partial charge in [0.15, 0.2) is 0 Å². The minimum absolute atomic E-state index is 0.0447. The Balaban J connectivity index is 2.58. The van der Waals surface area contributed by atoms with Crippen LogP contribution in [0, 0.1) is 0 Å². The van der Waals surface area contributed by atoms with Crippen molar-refractivity contribution in [3.63, 3.8) is 0 Å². The van der Waals surface area contributed by atoms with Crippen LogP contribution in [0.2, 0.25) is 0 Å². The first kappa shape index (κ1) is 13.8. The van der Waals surface area contributed by atoms with Crippen LogP contribution in [0.5, 0.6) is 0 Å². The molecule has 5 rings (SSSR count). The van der Waals surface area contributed by atoms with Gasteiger partial charge in [-0.1, -0.05) is 0 Å². The zero-order valence-corrected chi connectivity index (χ0v) is 11.4. The van der Waals surface area contributed by atoms with E-state index in [2.05, 4.69) is 8.83 Å². The van der Waals surface area contributed by atoms with Crippen LogP contribution >= 0.6 is 0 Å². The second kappa shape index (κ2) is 4.84. The summed E-state index contributed by atoms with van der Waals surface area (Å²) in [5.74, 6) is -5.39. The van der Waals surface area contributed by atoms with Gasteiger partial charge < -0.3 is 26.5 Å². The molecule has 4 bridgehead atoms. The van der Waals surface area contributed by atoms with Gasteiger partial charge in [0.25, 0.3) is 0 Å². The van der Waals surface area contributed by atoms with Crippen molar-refractivity contribution < 1.29 is 26.5 Å². The Hall–Kier alpha value is -3.82. The van der Waals surface area contributed by atoms with Gasteiger partial charge in [0.2, 0.25) is 0 Å². The molecule has 0 atom stereocenters. The predicted molar refractivity (Wildman–Crippen MR) is 75.3 cm³/mol. The maximum absolute atomic E-state index is 11.5. The summed E-state index contributed by atoms with van der Waals surface area (Å²) in [5, 5.41) is 0.0894. The van der Waals surface area contributed by atoms with E-state index in [-0.39, 0.29) is 33.1 Å². The summed E-state index contributed by atoms with van der Waals surface area (Å²) < 4.78 is 28.2. The topological polar surface area (TPSA) is 147 Å². The number of hydrogen-bond acceptors (Lipinski definition) is 10. The molecule has 0 saturated carbocycles. The molecule has 0 spiro atoms. The summed E-state index contributed by atoms with van der Waals surface area (Å²) in [6.45, 7) is 0. The molecule has 2 aromatic carbocycles. The zero-order valence-electron chi connectivity index (χ0n) is 11.4. The molecule has 0 N–H and O–H groups in total. The number of rotatable bonds is 0. The zero-order chi connectivity index (χ0) is 16.8. The molecular formula is C14H4O10. The molecule has 0 aliphatic rings. The molecule has 10 heteroatoms. The van der Waals surface area contributed by atoms with Crippen molar-refractivity contribution in [3.05, 3.63) is 66.7 Å². The lowest BCUT2D eigenvalue weighted by Gasteiger charge is -2.00. The van der Waals surface area contributed by atoms with Crippen LogP contribution in [0.1, 0.15) is 0 Å². The highest BCUT2D eigenvalue weighted by molar-refractivity contribution is 6.16. The Morgan fingerprint density at radius 1 is 0.417 bits per heavy atom. The van der Waals surface area contributed by atoms with Crippen LogP contribution in [0.15, 0.2) is 69.9 Å². The summed E-state index contributed by atoms with van der Waals surface area (Å²) >= 11 is 0. The maximum Gasteiger partial charge on any atom is 0.524 e. The monoisotopic (exact) mass is 332 g/mol. The van der Waals surface area contributed by atoms with Crippen molar-refractivity contribution in [1.82, 2.24) is 0 Å². The van der Waals surface area contributed by atoms with Gasteiger partial charge in [0, 0.05) is 0 Å². The highest BCUT2D eigenvalue weighted by Crippen LogP contribution is 2.30. The molecule has 0 fully saturated rings. The van der Waals surface area contributed by atoms with E-state index in [4.69, 9.17) is 17.7 Å². The van der Waals surface area contributed by atoms with Crippen molar-refractivity contribution in [3.8, 4) is 0 Å². The molecule has 24 heavy (non-hydrogen) atoms. The SMILES string of the molecule is O=c1oc(=O)oc2ccc(o1)c1c3ccc(oc(=O)oc(=O)o3)c21. The van der Waals surface area contributed by atoms with Crippen molar-refractivity contribution in [2.45, 2.75) is 0 Å². The first-order chi connectivity index (χ1) is 11.5. The van der Waals surface area contributed by atoms with Crippen LogP contribution in [0.4, 0.5) is 0 Å². The molecule has 3 aromatic heterocycles. The Bertz CT molecular complexity index is 1180. The fraction of sp³-hybridized carbons (Fsp3) is 0. The third kappa shape index (κ3) is 2.13. The summed E-state index contributed by atoms with van der Waals surface area (Å²) in [6.07, 6.45) is 0. The van der Waals surface area contributed by atoms with E-state index in [1.807, 2.05) is 0 Å². The van der Waals surface area contributed by atoms with Crippen molar-refractivity contribution in [2.75, 3.05) is 0 Å². The average Bonchev–Trinajstić information content (AvgIpc) is 2.66. The quantitative estimate of drug-likeness (QED) is 0.461. The first-order valence-corrected chi connectivity index (χ1v) is 6.34. The summed E-state index contributed by atoms with van der Waals surface area (Å²) in [7, 11) is 0. The highest BCUT2D eigenvalue weighted by atomic mass is 16.6. The molecule has 120 valence electrons. The lowest BCUT2D eigenvalue weighted by atomic mass is 10.1. The van der Waals surface area contributed by atoms with E-state index in [1.165, 1.54) is 24.3 Å². The molecule has 10 nitrogen and oxygen atoms in total.